The van der Waals surface area contributed by atoms with E-state index >= 15 is 0 Å². The van der Waals surface area contributed by atoms with E-state index in [1.54, 1.807) is 11.4 Å². The lowest BCUT2D eigenvalue weighted by Crippen LogP contribution is -2.33. The van der Waals surface area contributed by atoms with Crippen molar-refractivity contribution in [3.63, 3.8) is 0 Å². The molecule has 1 aliphatic heterocycles. The number of hydrogen-bond acceptors (Lipinski definition) is 5. The van der Waals surface area contributed by atoms with Crippen LogP contribution in [0.3, 0.4) is 0 Å². The number of anilines is 1. The number of nitrogens with zero attached hydrogens (tertiary/aromatic N) is 1. The van der Waals surface area contributed by atoms with E-state index in [4.69, 9.17) is 10.00 Å². The average molecular weight is 279 g/mol. The molecule has 1 aromatic heterocycles. The van der Waals surface area contributed by atoms with Crippen LogP contribution >= 0.6 is 11.3 Å². The Labute approximate surface area is 116 Å². The van der Waals surface area contributed by atoms with Gasteiger partial charge in [-0.15, -0.1) is 11.3 Å². The standard InChI is InChI=1S/C13H17N3O2S/c14-9-10-4-8-19-13(10)16-12(17)3-7-18-11-1-5-15-6-2-11/h4,8,11,15H,1-3,5-7H2,(H,16,17). The Hall–Kier alpha value is -1.42. The predicted molar refractivity (Wildman–Crippen MR) is 74.1 cm³/mol. The first-order valence-corrected chi connectivity index (χ1v) is 7.27. The number of carbonyl (C=O) groups excluding carboxylic acids is 1. The maximum Gasteiger partial charge on any atom is 0.227 e. The summed E-state index contributed by atoms with van der Waals surface area (Å²) in [6.07, 6.45) is 2.61. The quantitative estimate of drug-likeness (QED) is 0.860. The summed E-state index contributed by atoms with van der Waals surface area (Å²) < 4.78 is 5.67. The van der Waals surface area contributed by atoms with E-state index in [2.05, 4.69) is 10.6 Å². The summed E-state index contributed by atoms with van der Waals surface area (Å²) in [6.45, 7) is 2.40. The lowest BCUT2D eigenvalue weighted by atomic mass is 10.1. The summed E-state index contributed by atoms with van der Waals surface area (Å²) in [5.41, 5.74) is 0.512. The van der Waals surface area contributed by atoms with Crippen LogP contribution in [-0.2, 0) is 9.53 Å². The van der Waals surface area contributed by atoms with Crippen LogP contribution in [0.5, 0.6) is 0 Å². The van der Waals surface area contributed by atoms with Gasteiger partial charge < -0.3 is 15.4 Å². The zero-order valence-corrected chi connectivity index (χ0v) is 11.5. The number of rotatable bonds is 5. The Morgan fingerprint density at radius 1 is 1.58 bits per heavy atom. The molecule has 1 aromatic rings. The van der Waals surface area contributed by atoms with E-state index in [1.807, 2.05) is 6.07 Å². The molecule has 1 fully saturated rings. The van der Waals surface area contributed by atoms with Gasteiger partial charge in [-0.25, -0.2) is 0 Å². The molecule has 0 aromatic carbocycles. The van der Waals surface area contributed by atoms with Crippen molar-refractivity contribution in [1.29, 1.82) is 5.26 Å². The molecule has 1 amide bonds. The molecule has 1 saturated heterocycles. The highest BCUT2D eigenvalue weighted by atomic mass is 32.1. The monoisotopic (exact) mass is 279 g/mol. The molecule has 2 N–H and O–H groups in total. The van der Waals surface area contributed by atoms with E-state index in [0.29, 0.717) is 23.6 Å². The molecule has 1 aliphatic rings. The molecule has 0 saturated carbocycles. The van der Waals surface area contributed by atoms with Crippen LogP contribution in [0, 0.1) is 11.3 Å². The number of thiophene rings is 1. The lowest BCUT2D eigenvalue weighted by molar-refractivity contribution is -0.117. The molecule has 0 unspecified atom stereocenters. The normalized spacial score (nSPS) is 15.9. The molecule has 0 radical (unpaired) electrons. The number of hydrogen-bond donors (Lipinski definition) is 2. The van der Waals surface area contributed by atoms with Gasteiger partial charge in [0.1, 0.15) is 11.1 Å². The summed E-state index contributed by atoms with van der Waals surface area (Å²) in [7, 11) is 0. The zero-order chi connectivity index (χ0) is 13.5. The summed E-state index contributed by atoms with van der Waals surface area (Å²) in [5, 5.41) is 17.3. The van der Waals surface area contributed by atoms with E-state index in [-0.39, 0.29) is 12.0 Å². The third kappa shape index (κ3) is 4.31. The first-order valence-electron chi connectivity index (χ1n) is 6.39. The Morgan fingerprint density at radius 2 is 2.37 bits per heavy atom. The van der Waals surface area contributed by atoms with Gasteiger partial charge in [0.05, 0.1) is 24.7 Å². The molecule has 0 bridgehead atoms. The maximum absolute atomic E-state index is 11.7. The summed E-state index contributed by atoms with van der Waals surface area (Å²) >= 11 is 1.36. The van der Waals surface area contributed by atoms with Crippen LogP contribution in [0.2, 0.25) is 0 Å². The van der Waals surface area contributed by atoms with Gasteiger partial charge >= 0.3 is 0 Å². The van der Waals surface area contributed by atoms with E-state index in [1.165, 1.54) is 11.3 Å². The zero-order valence-electron chi connectivity index (χ0n) is 10.6. The first-order chi connectivity index (χ1) is 9.29. The number of ether oxygens (including phenoxy) is 1. The minimum Gasteiger partial charge on any atom is -0.378 e. The molecule has 0 aliphatic carbocycles. The Kier molecular flexibility index (Phi) is 5.33. The van der Waals surface area contributed by atoms with Crippen molar-refractivity contribution < 1.29 is 9.53 Å². The molecular weight excluding hydrogens is 262 g/mol. The summed E-state index contributed by atoms with van der Waals surface area (Å²) in [4.78, 5) is 11.7. The predicted octanol–water partition coefficient (Wildman–Crippen LogP) is 1.72. The van der Waals surface area contributed by atoms with Gasteiger partial charge in [0.2, 0.25) is 5.91 Å². The number of amides is 1. The van der Waals surface area contributed by atoms with Crippen molar-refractivity contribution in [3.8, 4) is 6.07 Å². The molecule has 19 heavy (non-hydrogen) atoms. The third-order valence-corrected chi connectivity index (χ3v) is 3.84. The fraction of sp³-hybridized carbons (Fsp3) is 0.538. The molecule has 5 nitrogen and oxygen atoms in total. The molecule has 2 heterocycles. The van der Waals surface area contributed by atoms with Gasteiger partial charge in [-0.2, -0.15) is 5.26 Å². The van der Waals surface area contributed by atoms with Crippen molar-refractivity contribution in [2.75, 3.05) is 25.0 Å². The minimum absolute atomic E-state index is 0.104. The van der Waals surface area contributed by atoms with Crippen LogP contribution in [0.25, 0.3) is 0 Å². The van der Waals surface area contributed by atoms with Crippen molar-refractivity contribution in [3.05, 3.63) is 17.0 Å². The van der Waals surface area contributed by atoms with Gasteiger partial charge in [-0.1, -0.05) is 0 Å². The molecule has 0 atom stereocenters. The van der Waals surface area contributed by atoms with Gasteiger partial charge in [0.15, 0.2) is 0 Å². The summed E-state index contributed by atoms with van der Waals surface area (Å²) in [6, 6.07) is 3.75. The molecule has 102 valence electrons. The fourth-order valence-electron chi connectivity index (χ4n) is 1.96. The maximum atomic E-state index is 11.7. The third-order valence-electron chi connectivity index (χ3n) is 3.01. The van der Waals surface area contributed by atoms with Crippen LogP contribution in [0.1, 0.15) is 24.8 Å². The van der Waals surface area contributed by atoms with E-state index in [9.17, 15) is 4.79 Å². The van der Waals surface area contributed by atoms with Crippen molar-refractivity contribution in [1.82, 2.24) is 5.32 Å². The van der Waals surface area contributed by atoms with Gasteiger partial charge in [-0.05, 0) is 37.4 Å². The van der Waals surface area contributed by atoms with Crippen LogP contribution in [-0.4, -0.2) is 31.7 Å². The van der Waals surface area contributed by atoms with Crippen molar-refractivity contribution in [2.45, 2.75) is 25.4 Å². The largest absolute Gasteiger partial charge is 0.378 e. The van der Waals surface area contributed by atoms with Crippen LogP contribution in [0.15, 0.2) is 11.4 Å². The number of piperidine rings is 1. The van der Waals surface area contributed by atoms with Crippen molar-refractivity contribution >= 4 is 22.2 Å². The van der Waals surface area contributed by atoms with Gasteiger partial charge in [-0.3, -0.25) is 4.79 Å². The summed E-state index contributed by atoms with van der Waals surface area (Å²) in [5.74, 6) is -0.104. The minimum atomic E-state index is -0.104. The topological polar surface area (TPSA) is 74.2 Å². The number of nitrogens with one attached hydrogen (secondary N) is 2. The highest BCUT2D eigenvalue weighted by Gasteiger charge is 2.14. The molecule has 0 spiro atoms. The molecular formula is C13H17N3O2S. The molecule has 2 rings (SSSR count). The second-order valence-electron chi connectivity index (χ2n) is 4.39. The second kappa shape index (κ2) is 7.24. The van der Waals surface area contributed by atoms with Gasteiger partial charge in [0.25, 0.3) is 0 Å². The van der Waals surface area contributed by atoms with E-state index in [0.717, 1.165) is 25.9 Å². The van der Waals surface area contributed by atoms with Crippen molar-refractivity contribution in [2.24, 2.45) is 0 Å². The number of carbonyl (C=O) groups is 1. The Balaban J connectivity index is 1.68. The Morgan fingerprint density at radius 3 is 3.11 bits per heavy atom. The van der Waals surface area contributed by atoms with Crippen LogP contribution < -0.4 is 10.6 Å². The SMILES string of the molecule is N#Cc1ccsc1NC(=O)CCOC1CCNCC1. The highest BCUT2D eigenvalue weighted by molar-refractivity contribution is 7.14. The van der Waals surface area contributed by atoms with Crippen LogP contribution in [0.4, 0.5) is 5.00 Å². The lowest BCUT2D eigenvalue weighted by Gasteiger charge is -2.22. The average Bonchev–Trinajstić information content (AvgIpc) is 2.87. The smallest absolute Gasteiger partial charge is 0.227 e. The van der Waals surface area contributed by atoms with E-state index < -0.39 is 0 Å². The van der Waals surface area contributed by atoms with Gasteiger partial charge in [0, 0.05) is 0 Å². The molecule has 6 heteroatoms. The fourth-order valence-corrected chi connectivity index (χ4v) is 2.72. The highest BCUT2D eigenvalue weighted by Crippen LogP contribution is 2.22. The first kappa shape index (κ1) is 14.0. The Bertz CT molecular complexity index is 461. The number of nitriles is 1. The second-order valence-corrected chi connectivity index (χ2v) is 5.31.